The van der Waals surface area contributed by atoms with Crippen LogP contribution in [0.1, 0.15) is 18.4 Å². The first-order chi connectivity index (χ1) is 9.27. The molecule has 0 aliphatic heterocycles. The van der Waals surface area contributed by atoms with Crippen molar-refractivity contribution in [3.05, 3.63) is 40.5 Å². The van der Waals surface area contributed by atoms with Gasteiger partial charge in [-0.25, -0.2) is 13.6 Å². The highest BCUT2D eigenvalue weighted by Gasteiger charge is 2.22. The highest BCUT2D eigenvalue weighted by atomic mass is 32.2. The molecule has 0 unspecified atom stereocenters. The molecule has 0 amide bonds. The summed E-state index contributed by atoms with van der Waals surface area (Å²) in [7, 11) is -4.10. The number of sulfonamides is 1. The third-order valence-electron chi connectivity index (χ3n) is 2.54. The molecule has 20 heavy (non-hydrogen) atoms. The van der Waals surface area contributed by atoms with Gasteiger partial charge < -0.3 is 4.74 Å². The lowest BCUT2D eigenvalue weighted by molar-refractivity contribution is -0.385. The van der Waals surface area contributed by atoms with Gasteiger partial charge in [0.15, 0.2) is 0 Å². The molecule has 0 heterocycles. The molecule has 110 valence electrons. The van der Waals surface area contributed by atoms with Crippen LogP contribution in [-0.4, -0.2) is 19.9 Å². The van der Waals surface area contributed by atoms with Crippen molar-refractivity contribution in [3.8, 4) is 5.75 Å². The number of nitro benzene ring substituents is 1. The van der Waals surface area contributed by atoms with Crippen molar-refractivity contribution in [2.45, 2.75) is 24.7 Å². The first-order valence-electron chi connectivity index (χ1n) is 5.83. The molecule has 0 atom stereocenters. The maximum absolute atomic E-state index is 11.5. The van der Waals surface area contributed by atoms with E-state index in [1.54, 1.807) is 6.08 Å². The first-order valence-corrected chi connectivity index (χ1v) is 7.37. The number of benzene rings is 1. The molecule has 0 aromatic heterocycles. The lowest BCUT2D eigenvalue weighted by atomic mass is 10.2. The Hall–Kier alpha value is -1.93. The zero-order chi connectivity index (χ0) is 15.3. The van der Waals surface area contributed by atoms with Crippen molar-refractivity contribution in [3.63, 3.8) is 0 Å². The minimum absolute atomic E-state index is 0.0576. The number of hydrogen-bond donors (Lipinski definition) is 1. The average molecular weight is 300 g/mol. The molecule has 0 spiro atoms. The summed E-state index contributed by atoms with van der Waals surface area (Å²) in [6, 6.07) is 2.16. The van der Waals surface area contributed by atoms with E-state index in [9.17, 15) is 18.5 Å². The molecular formula is C12H16N2O5S. The summed E-state index contributed by atoms with van der Waals surface area (Å²) in [6.45, 7) is 5.37. The topological polar surface area (TPSA) is 113 Å². The van der Waals surface area contributed by atoms with E-state index in [1.165, 1.54) is 13.0 Å². The molecule has 1 aromatic carbocycles. The van der Waals surface area contributed by atoms with Crippen LogP contribution in [0, 0.1) is 17.0 Å². The highest BCUT2D eigenvalue weighted by molar-refractivity contribution is 7.89. The van der Waals surface area contributed by atoms with Crippen LogP contribution < -0.4 is 9.88 Å². The van der Waals surface area contributed by atoms with E-state index in [1.807, 2.05) is 0 Å². The maximum atomic E-state index is 11.5. The maximum Gasteiger partial charge on any atom is 0.271 e. The van der Waals surface area contributed by atoms with Crippen LogP contribution in [-0.2, 0) is 10.0 Å². The molecule has 0 fully saturated rings. The Labute approximate surface area is 117 Å². The summed E-state index contributed by atoms with van der Waals surface area (Å²) < 4.78 is 28.5. The quantitative estimate of drug-likeness (QED) is 0.357. The second-order valence-electron chi connectivity index (χ2n) is 4.17. The standard InChI is InChI=1S/C12H16N2O5S/c1-3-4-5-6-19-12-9(2)7-10(14(15)16)8-11(12)20(13,17)18/h3,7-8H,1,4-6H2,2H3,(H2,13,17,18). The number of nitrogens with zero attached hydrogens (tertiary/aromatic N) is 1. The summed E-state index contributed by atoms with van der Waals surface area (Å²) in [5.41, 5.74) is 0.00629. The van der Waals surface area contributed by atoms with Crippen LogP contribution in [0.4, 0.5) is 5.69 Å². The summed E-state index contributed by atoms with van der Waals surface area (Å²) in [5, 5.41) is 15.8. The van der Waals surface area contributed by atoms with Gasteiger partial charge in [-0.05, 0) is 25.3 Å². The van der Waals surface area contributed by atoms with Crippen molar-refractivity contribution >= 4 is 15.7 Å². The van der Waals surface area contributed by atoms with Gasteiger partial charge in [0.25, 0.3) is 5.69 Å². The van der Waals surface area contributed by atoms with Crippen LogP contribution in [0.2, 0.25) is 0 Å². The van der Waals surface area contributed by atoms with Gasteiger partial charge in [0.05, 0.1) is 11.5 Å². The summed E-state index contributed by atoms with van der Waals surface area (Å²) >= 11 is 0. The summed E-state index contributed by atoms with van der Waals surface area (Å²) in [5.74, 6) is 0.0576. The summed E-state index contributed by atoms with van der Waals surface area (Å²) in [6.07, 6.45) is 3.09. The van der Waals surface area contributed by atoms with Gasteiger partial charge in [-0.3, -0.25) is 10.1 Å². The molecule has 0 saturated carbocycles. The van der Waals surface area contributed by atoms with Gasteiger partial charge in [-0.1, -0.05) is 6.08 Å². The van der Waals surface area contributed by atoms with Crippen molar-refractivity contribution in [1.82, 2.24) is 0 Å². The number of non-ortho nitro benzene ring substituents is 1. The van der Waals surface area contributed by atoms with E-state index in [0.29, 0.717) is 12.0 Å². The predicted molar refractivity (Wildman–Crippen MR) is 74.1 cm³/mol. The van der Waals surface area contributed by atoms with E-state index in [2.05, 4.69) is 6.58 Å². The molecule has 0 aliphatic rings. The third-order valence-corrected chi connectivity index (χ3v) is 3.46. The fourth-order valence-corrected chi connectivity index (χ4v) is 2.39. The fraction of sp³-hybridized carbons (Fsp3) is 0.333. The van der Waals surface area contributed by atoms with Crippen molar-refractivity contribution < 1.29 is 18.1 Å². The van der Waals surface area contributed by atoms with Gasteiger partial charge in [0.2, 0.25) is 10.0 Å². The molecule has 1 rings (SSSR count). The molecule has 0 saturated heterocycles. The lowest BCUT2D eigenvalue weighted by Crippen LogP contribution is -2.15. The number of nitrogens with two attached hydrogens (primary N) is 1. The van der Waals surface area contributed by atoms with Crippen molar-refractivity contribution in [2.75, 3.05) is 6.61 Å². The van der Waals surface area contributed by atoms with E-state index in [-0.39, 0.29) is 22.9 Å². The fourth-order valence-electron chi connectivity index (χ4n) is 1.63. The van der Waals surface area contributed by atoms with E-state index in [4.69, 9.17) is 9.88 Å². The number of rotatable bonds is 7. The van der Waals surface area contributed by atoms with Crippen LogP contribution in [0.5, 0.6) is 5.75 Å². The molecule has 0 bridgehead atoms. The Balaban J connectivity index is 3.21. The van der Waals surface area contributed by atoms with Gasteiger partial charge in [-0.15, -0.1) is 6.58 Å². The first kappa shape index (κ1) is 16.1. The Morgan fingerprint density at radius 1 is 1.50 bits per heavy atom. The largest absolute Gasteiger partial charge is 0.492 e. The lowest BCUT2D eigenvalue weighted by Gasteiger charge is -2.12. The molecule has 7 nitrogen and oxygen atoms in total. The number of primary sulfonamides is 1. The Bertz CT molecular complexity index is 625. The zero-order valence-corrected chi connectivity index (χ0v) is 11.9. The number of nitro groups is 1. The van der Waals surface area contributed by atoms with E-state index >= 15 is 0 Å². The van der Waals surface area contributed by atoms with Crippen molar-refractivity contribution in [2.24, 2.45) is 5.14 Å². The van der Waals surface area contributed by atoms with E-state index in [0.717, 1.165) is 12.5 Å². The average Bonchev–Trinajstić information content (AvgIpc) is 2.34. The number of aryl methyl sites for hydroxylation is 1. The Morgan fingerprint density at radius 2 is 2.15 bits per heavy atom. The third kappa shape index (κ3) is 4.04. The SMILES string of the molecule is C=CCCCOc1c(C)cc([N+](=O)[O-])cc1S(N)(=O)=O. The Morgan fingerprint density at radius 3 is 2.65 bits per heavy atom. The number of allylic oxidation sites excluding steroid dienone is 1. The van der Waals surface area contributed by atoms with Gasteiger partial charge in [-0.2, -0.15) is 0 Å². The van der Waals surface area contributed by atoms with Crippen LogP contribution in [0.3, 0.4) is 0 Å². The minimum Gasteiger partial charge on any atom is -0.492 e. The molecule has 2 N–H and O–H groups in total. The predicted octanol–water partition coefficient (Wildman–Crippen LogP) is 1.90. The number of unbranched alkanes of at least 4 members (excludes halogenated alkanes) is 1. The molecule has 8 heteroatoms. The van der Waals surface area contributed by atoms with E-state index < -0.39 is 14.9 Å². The summed E-state index contributed by atoms with van der Waals surface area (Å²) in [4.78, 5) is 9.71. The second-order valence-corrected chi connectivity index (χ2v) is 5.70. The molecule has 0 radical (unpaired) electrons. The number of ether oxygens (including phenoxy) is 1. The second kappa shape index (κ2) is 6.49. The Kier molecular flexibility index (Phi) is 5.23. The smallest absolute Gasteiger partial charge is 0.271 e. The minimum atomic E-state index is -4.10. The zero-order valence-electron chi connectivity index (χ0n) is 11.0. The molecular weight excluding hydrogens is 284 g/mol. The van der Waals surface area contributed by atoms with Gasteiger partial charge in [0.1, 0.15) is 10.6 Å². The van der Waals surface area contributed by atoms with Gasteiger partial charge in [0, 0.05) is 12.1 Å². The molecule has 0 aliphatic carbocycles. The molecule has 1 aromatic rings. The highest BCUT2D eigenvalue weighted by Crippen LogP contribution is 2.31. The monoisotopic (exact) mass is 300 g/mol. The van der Waals surface area contributed by atoms with Crippen molar-refractivity contribution in [1.29, 1.82) is 0 Å². The van der Waals surface area contributed by atoms with Gasteiger partial charge >= 0.3 is 0 Å². The number of hydrogen-bond acceptors (Lipinski definition) is 5. The van der Waals surface area contributed by atoms with Crippen LogP contribution in [0.15, 0.2) is 29.7 Å². The normalized spacial score (nSPS) is 11.1. The van der Waals surface area contributed by atoms with Crippen LogP contribution in [0.25, 0.3) is 0 Å². The van der Waals surface area contributed by atoms with Crippen LogP contribution >= 0.6 is 0 Å².